The van der Waals surface area contributed by atoms with Gasteiger partial charge in [-0.05, 0) is 36.8 Å². The molecule has 1 fully saturated rings. The molecule has 0 radical (unpaired) electrons. The highest BCUT2D eigenvalue weighted by atomic mass is 32.1. The highest BCUT2D eigenvalue weighted by Gasteiger charge is 2.34. The van der Waals surface area contributed by atoms with E-state index in [1.165, 1.54) is 0 Å². The molecule has 178 valence electrons. The number of halogens is 3. The van der Waals surface area contributed by atoms with E-state index in [4.69, 9.17) is 12.2 Å². The maximum Gasteiger partial charge on any atom is 0.433 e. The zero-order chi connectivity index (χ0) is 24.1. The Kier molecular flexibility index (Phi) is 7.16. The lowest BCUT2D eigenvalue weighted by Gasteiger charge is -2.37. The standard InChI is InChI=1S/C24H25F3N6S/c1-17(18-8-4-2-5-9-18)28-23(34)31-22-29-20(24(25,26)27)16-21(30-22)33-14-12-32(13-15-33)19-10-6-3-7-11-19/h2-11,16-17H,12-15H2,1H3,(H2,28,29,30,31,34)/t17-/m1/s1. The predicted octanol–water partition coefficient (Wildman–Crippen LogP) is 4.87. The average Bonchev–Trinajstić information content (AvgIpc) is 2.84. The first kappa shape index (κ1) is 23.7. The van der Waals surface area contributed by atoms with Gasteiger partial charge < -0.3 is 20.4 Å². The molecule has 3 aromatic rings. The van der Waals surface area contributed by atoms with Gasteiger partial charge in [-0.2, -0.15) is 18.2 Å². The molecule has 1 atom stereocenters. The molecule has 1 aliphatic rings. The molecule has 34 heavy (non-hydrogen) atoms. The summed E-state index contributed by atoms with van der Waals surface area (Å²) in [5, 5.41) is 5.94. The zero-order valence-corrected chi connectivity index (χ0v) is 19.4. The number of alkyl halides is 3. The van der Waals surface area contributed by atoms with Gasteiger partial charge in [-0.25, -0.2) is 4.98 Å². The molecule has 4 rings (SSSR count). The highest BCUT2D eigenvalue weighted by molar-refractivity contribution is 7.80. The number of piperazine rings is 1. The number of rotatable bonds is 5. The Morgan fingerprint density at radius 2 is 1.50 bits per heavy atom. The Hall–Kier alpha value is -3.40. The monoisotopic (exact) mass is 486 g/mol. The zero-order valence-electron chi connectivity index (χ0n) is 18.6. The molecule has 6 nitrogen and oxygen atoms in total. The van der Waals surface area contributed by atoms with Gasteiger partial charge in [-0.15, -0.1) is 0 Å². The highest BCUT2D eigenvalue weighted by Crippen LogP contribution is 2.31. The van der Waals surface area contributed by atoms with Crippen LogP contribution in [0.3, 0.4) is 0 Å². The normalized spacial score (nSPS) is 15.1. The molecule has 0 bridgehead atoms. The summed E-state index contributed by atoms with van der Waals surface area (Å²) in [5.74, 6) is 0.0320. The molecule has 0 aliphatic carbocycles. The van der Waals surface area contributed by atoms with Crippen LogP contribution in [0.15, 0.2) is 66.7 Å². The molecule has 2 aromatic carbocycles. The quantitative estimate of drug-likeness (QED) is 0.499. The fourth-order valence-corrected chi connectivity index (χ4v) is 4.06. The molecule has 1 saturated heterocycles. The number of nitrogens with zero attached hydrogens (tertiary/aromatic N) is 4. The Morgan fingerprint density at radius 1 is 0.912 bits per heavy atom. The van der Waals surface area contributed by atoms with Gasteiger partial charge in [0.05, 0.1) is 6.04 Å². The van der Waals surface area contributed by atoms with E-state index in [-0.39, 0.29) is 22.9 Å². The van der Waals surface area contributed by atoms with Gasteiger partial charge in [0.2, 0.25) is 5.95 Å². The summed E-state index contributed by atoms with van der Waals surface area (Å²) >= 11 is 5.31. The molecule has 0 spiro atoms. The molecule has 10 heteroatoms. The second-order valence-electron chi connectivity index (χ2n) is 7.97. The second kappa shape index (κ2) is 10.3. The van der Waals surface area contributed by atoms with Gasteiger partial charge in [0.15, 0.2) is 10.8 Å². The molecular weight excluding hydrogens is 461 g/mol. The number of anilines is 3. The molecule has 2 heterocycles. The van der Waals surface area contributed by atoms with Crippen molar-refractivity contribution < 1.29 is 13.2 Å². The van der Waals surface area contributed by atoms with Crippen molar-refractivity contribution >= 4 is 34.8 Å². The van der Waals surface area contributed by atoms with E-state index < -0.39 is 11.9 Å². The first-order valence-electron chi connectivity index (χ1n) is 10.9. The predicted molar refractivity (Wildman–Crippen MR) is 132 cm³/mol. The van der Waals surface area contributed by atoms with Crippen LogP contribution in [0, 0.1) is 0 Å². The molecule has 1 aromatic heterocycles. The summed E-state index contributed by atoms with van der Waals surface area (Å²) in [6.07, 6.45) is -4.60. The van der Waals surface area contributed by atoms with E-state index in [1.807, 2.05) is 72.5 Å². The van der Waals surface area contributed by atoms with Crippen LogP contribution in [0.2, 0.25) is 0 Å². The average molecular weight is 487 g/mol. The first-order valence-corrected chi connectivity index (χ1v) is 11.3. The van der Waals surface area contributed by atoms with Crippen LogP contribution < -0.4 is 20.4 Å². The topological polar surface area (TPSA) is 56.3 Å². The third-order valence-electron chi connectivity index (χ3n) is 5.60. The second-order valence-corrected chi connectivity index (χ2v) is 8.38. The van der Waals surface area contributed by atoms with Gasteiger partial charge in [0.25, 0.3) is 0 Å². The van der Waals surface area contributed by atoms with Crippen LogP contribution in [0.4, 0.5) is 30.6 Å². The van der Waals surface area contributed by atoms with Crippen LogP contribution >= 0.6 is 12.2 Å². The summed E-state index contributed by atoms with van der Waals surface area (Å²) in [6.45, 7) is 4.33. The van der Waals surface area contributed by atoms with Crippen molar-refractivity contribution in [2.45, 2.75) is 19.1 Å². The smallest absolute Gasteiger partial charge is 0.368 e. The van der Waals surface area contributed by atoms with Crippen molar-refractivity contribution in [2.75, 3.05) is 41.3 Å². The summed E-state index contributed by atoms with van der Waals surface area (Å²) in [6, 6.07) is 20.4. The lowest BCUT2D eigenvalue weighted by molar-refractivity contribution is -0.141. The number of benzene rings is 2. The van der Waals surface area contributed by atoms with Crippen molar-refractivity contribution in [3.8, 4) is 0 Å². The third-order valence-corrected chi connectivity index (χ3v) is 5.82. The molecule has 1 aliphatic heterocycles. The van der Waals surface area contributed by atoms with Crippen LogP contribution in [-0.2, 0) is 6.18 Å². The molecule has 0 saturated carbocycles. The Balaban J connectivity index is 1.47. The number of hydrogen-bond donors (Lipinski definition) is 2. The molecule has 0 amide bonds. The molecule has 2 N–H and O–H groups in total. The van der Waals surface area contributed by atoms with E-state index in [1.54, 1.807) is 0 Å². The van der Waals surface area contributed by atoms with Crippen molar-refractivity contribution in [3.63, 3.8) is 0 Å². The van der Waals surface area contributed by atoms with E-state index in [9.17, 15) is 13.2 Å². The first-order chi connectivity index (χ1) is 16.3. The SMILES string of the molecule is C[C@@H](NC(=S)Nc1nc(N2CCN(c3ccccc3)CC2)cc(C(F)(F)F)n1)c1ccccc1. The number of thiocarbonyl (C=S) groups is 1. The van der Waals surface area contributed by atoms with Crippen LogP contribution in [0.1, 0.15) is 24.2 Å². The van der Waals surface area contributed by atoms with Crippen molar-refractivity contribution in [3.05, 3.63) is 78.0 Å². The number of hydrogen-bond acceptors (Lipinski definition) is 5. The minimum atomic E-state index is -4.60. The molecular formula is C24H25F3N6S. The van der Waals surface area contributed by atoms with Crippen LogP contribution in [-0.4, -0.2) is 41.3 Å². The number of nitrogens with one attached hydrogen (secondary N) is 2. The summed E-state index contributed by atoms with van der Waals surface area (Å²) < 4.78 is 40.7. The lowest BCUT2D eigenvalue weighted by atomic mass is 10.1. The van der Waals surface area contributed by atoms with Gasteiger partial charge in [-0.1, -0.05) is 48.5 Å². The van der Waals surface area contributed by atoms with Crippen molar-refractivity contribution in [2.24, 2.45) is 0 Å². The largest absolute Gasteiger partial charge is 0.433 e. The summed E-state index contributed by atoms with van der Waals surface area (Å²) in [7, 11) is 0. The minimum Gasteiger partial charge on any atom is -0.368 e. The maximum atomic E-state index is 13.6. The van der Waals surface area contributed by atoms with Gasteiger partial charge in [0, 0.05) is 37.9 Å². The minimum absolute atomic E-state index is 0.141. The van der Waals surface area contributed by atoms with E-state index in [2.05, 4.69) is 25.5 Å². The van der Waals surface area contributed by atoms with Gasteiger partial charge in [0.1, 0.15) is 5.82 Å². The summed E-state index contributed by atoms with van der Waals surface area (Å²) in [5.41, 5.74) is 1.07. The van der Waals surface area contributed by atoms with E-state index >= 15 is 0 Å². The molecule has 0 unspecified atom stereocenters. The van der Waals surface area contributed by atoms with E-state index in [0.717, 1.165) is 17.3 Å². The van der Waals surface area contributed by atoms with Gasteiger partial charge in [-0.3, -0.25) is 0 Å². The fourth-order valence-electron chi connectivity index (χ4n) is 3.79. The van der Waals surface area contributed by atoms with Crippen molar-refractivity contribution in [1.82, 2.24) is 15.3 Å². The van der Waals surface area contributed by atoms with Crippen LogP contribution in [0.5, 0.6) is 0 Å². The fraction of sp³-hybridized carbons (Fsp3) is 0.292. The van der Waals surface area contributed by atoms with Crippen molar-refractivity contribution in [1.29, 1.82) is 0 Å². The van der Waals surface area contributed by atoms with Gasteiger partial charge >= 0.3 is 6.18 Å². The number of para-hydroxylation sites is 1. The van der Waals surface area contributed by atoms with E-state index in [0.29, 0.717) is 26.2 Å². The Morgan fingerprint density at radius 3 is 2.12 bits per heavy atom. The Labute approximate surface area is 201 Å². The van der Waals surface area contributed by atoms with Crippen LogP contribution in [0.25, 0.3) is 0 Å². The lowest BCUT2D eigenvalue weighted by Crippen LogP contribution is -2.47. The maximum absolute atomic E-state index is 13.6. The summed E-state index contributed by atoms with van der Waals surface area (Å²) in [4.78, 5) is 12.1. The third kappa shape index (κ3) is 5.93. The Bertz CT molecular complexity index is 1100. The number of aromatic nitrogens is 2.